The lowest BCUT2D eigenvalue weighted by molar-refractivity contribution is -0.163. The molecule has 1 unspecified atom stereocenters. The van der Waals surface area contributed by atoms with Crippen molar-refractivity contribution in [2.75, 3.05) is 19.8 Å². The van der Waals surface area contributed by atoms with Crippen LogP contribution < -0.4 is 0 Å². The van der Waals surface area contributed by atoms with Gasteiger partial charge < -0.3 is 14.2 Å². The molecule has 5 nitrogen and oxygen atoms in total. The first-order valence-electron chi connectivity index (χ1n) is 28.5. The van der Waals surface area contributed by atoms with Gasteiger partial charge in [0.2, 0.25) is 0 Å². The van der Waals surface area contributed by atoms with Gasteiger partial charge >= 0.3 is 11.9 Å². The van der Waals surface area contributed by atoms with E-state index < -0.39 is 6.10 Å². The van der Waals surface area contributed by atoms with Gasteiger partial charge in [0.25, 0.3) is 0 Å². The summed E-state index contributed by atoms with van der Waals surface area (Å²) in [5, 5.41) is 0. The van der Waals surface area contributed by atoms with Gasteiger partial charge in [-0.3, -0.25) is 9.59 Å². The van der Waals surface area contributed by atoms with Gasteiger partial charge in [-0.2, -0.15) is 0 Å². The van der Waals surface area contributed by atoms with E-state index in [0.717, 1.165) is 70.6 Å². The fourth-order valence-electron chi connectivity index (χ4n) is 8.01. The summed E-state index contributed by atoms with van der Waals surface area (Å²) >= 11 is 0. The minimum absolute atomic E-state index is 0.0543. The van der Waals surface area contributed by atoms with E-state index in [4.69, 9.17) is 14.2 Å². The molecule has 0 spiro atoms. The van der Waals surface area contributed by atoms with Crippen molar-refractivity contribution in [1.29, 1.82) is 0 Å². The smallest absolute Gasteiger partial charge is 0.306 e. The van der Waals surface area contributed by atoms with Gasteiger partial charge in [0.15, 0.2) is 6.10 Å². The number of ether oxygens (including phenoxy) is 3. The predicted octanol–water partition coefficient (Wildman–Crippen LogP) is 19.5. The number of carbonyl (C=O) groups is 2. The fourth-order valence-corrected chi connectivity index (χ4v) is 8.01. The molecule has 0 N–H and O–H groups in total. The summed E-state index contributed by atoms with van der Waals surface area (Å²) in [5.74, 6) is -0.457. The lowest BCUT2D eigenvalue weighted by Gasteiger charge is -2.18. The predicted molar refractivity (Wildman–Crippen MR) is 288 cm³/mol. The molecule has 1 atom stereocenters. The van der Waals surface area contributed by atoms with Crippen molar-refractivity contribution in [2.24, 2.45) is 0 Å². The molecule has 0 saturated heterocycles. The van der Waals surface area contributed by atoms with E-state index in [9.17, 15) is 9.59 Å². The molecule has 0 rings (SSSR count). The van der Waals surface area contributed by atoms with Crippen LogP contribution in [0.25, 0.3) is 0 Å². The van der Waals surface area contributed by atoms with E-state index >= 15 is 0 Å². The molecule has 0 aliphatic rings. The van der Waals surface area contributed by atoms with Gasteiger partial charge in [-0.25, -0.2) is 0 Å². The van der Waals surface area contributed by atoms with Crippen molar-refractivity contribution in [3.8, 4) is 0 Å². The Bertz CT molecular complexity index is 1180. The van der Waals surface area contributed by atoms with E-state index in [2.05, 4.69) is 93.7 Å². The maximum absolute atomic E-state index is 12.9. The van der Waals surface area contributed by atoms with Gasteiger partial charge in [-0.15, -0.1) is 0 Å². The first kappa shape index (κ1) is 63.3. The van der Waals surface area contributed by atoms with Crippen LogP contribution in [0.3, 0.4) is 0 Å². The molecule has 0 bridgehead atoms. The summed E-state index contributed by atoms with van der Waals surface area (Å²) in [7, 11) is 0. The summed E-state index contributed by atoms with van der Waals surface area (Å²) in [6.07, 6.45) is 73.5. The Morgan fingerprint density at radius 1 is 0.348 bits per heavy atom. The highest BCUT2D eigenvalue weighted by Crippen LogP contribution is 2.16. The summed E-state index contributed by atoms with van der Waals surface area (Å²) in [6, 6.07) is 0. The van der Waals surface area contributed by atoms with Crippen LogP contribution in [0.15, 0.2) is 72.9 Å². The van der Waals surface area contributed by atoms with E-state index in [1.165, 1.54) is 173 Å². The highest BCUT2D eigenvalue weighted by molar-refractivity contribution is 5.70. The number of hydrogen-bond donors (Lipinski definition) is 0. The summed E-state index contributed by atoms with van der Waals surface area (Å²) < 4.78 is 17.4. The molecule has 0 amide bonds. The highest BCUT2D eigenvalue weighted by atomic mass is 16.6. The number of allylic oxidation sites excluding steroid dienone is 12. The molecule has 0 aromatic rings. The molecule has 0 aromatic carbocycles. The second-order valence-electron chi connectivity index (χ2n) is 18.8. The molecule has 0 saturated carbocycles. The van der Waals surface area contributed by atoms with Crippen LogP contribution in [0.4, 0.5) is 0 Å². The molecule has 5 heteroatoms. The van der Waals surface area contributed by atoms with Crippen LogP contribution in [0.5, 0.6) is 0 Å². The molecule has 382 valence electrons. The van der Waals surface area contributed by atoms with Crippen LogP contribution in [-0.2, 0) is 23.8 Å². The molecule has 0 fully saturated rings. The molecule has 66 heavy (non-hydrogen) atoms. The first-order valence-corrected chi connectivity index (χ1v) is 28.5. The largest absolute Gasteiger partial charge is 0.462 e. The number of carbonyl (C=O) groups excluding carboxylic acids is 2. The van der Waals surface area contributed by atoms with Gasteiger partial charge in [0.05, 0.1) is 6.61 Å². The van der Waals surface area contributed by atoms with Gasteiger partial charge in [-0.05, 0) is 83.5 Å². The highest BCUT2D eigenvalue weighted by Gasteiger charge is 2.17. The maximum Gasteiger partial charge on any atom is 0.306 e. The Labute approximate surface area is 410 Å². The molecule has 0 aromatic heterocycles. The SMILES string of the molecule is CC/C=C\C/C=C\C/C=C\C/C=C\C/C=C\CCCC(=O)OCC(COCCCCCCCC/C=C\CCCCCCCC)OC(=O)CCCCCCCCCCCCCCCCCCC. The molecule has 0 radical (unpaired) electrons. The van der Waals surface area contributed by atoms with Crippen LogP contribution in [0.2, 0.25) is 0 Å². The first-order chi connectivity index (χ1) is 32.6. The van der Waals surface area contributed by atoms with E-state index in [1.807, 2.05) is 0 Å². The van der Waals surface area contributed by atoms with Crippen molar-refractivity contribution in [3.63, 3.8) is 0 Å². The monoisotopic (exact) mass is 921 g/mol. The van der Waals surface area contributed by atoms with Crippen LogP contribution >= 0.6 is 0 Å². The van der Waals surface area contributed by atoms with Crippen LogP contribution in [0.1, 0.15) is 278 Å². The Hall–Kier alpha value is -2.66. The third-order valence-electron chi connectivity index (χ3n) is 12.2. The summed E-state index contributed by atoms with van der Waals surface area (Å²) in [5.41, 5.74) is 0. The van der Waals surface area contributed by atoms with Crippen molar-refractivity contribution in [1.82, 2.24) is 0 Å². The maximum atomic E-state index is 12.9. The average molecular weight is 922 g/mol. The standard InChI is InChI=1S/C61H108O5/c1-4-7-10-13-16-19-22-25-28-31-33-36-39-42-45-48-51-54-60(62)65-58-59(57-64-56-53-50-47-44-41-38-35-30-27-24-21-18-15-12-9-6-3)66-61(63)55-52-49-46-43-40-37-34-32-29-26-23-20-17-14-11-8-5-2/h7,10,16,19,25,27-28,30,33,36,42,45,59H,4-6,8-9,11-15,17-18,20-24,26,29,31-32,34-35,37-41,43-44,46-58H2,1-3H3/b10-7-,19-16-,28-25-,30-27-,36-33-,45-42-. The lowest BCUT2D eigenvalue weighted by atomic mass is 10.0. The number of esters is 2. The topological polar surface area (TPSA) is 61.8 Å². The lowest BCUT2D eigenvalue weighted by Crippen LogP contribution is -2.30. The second kappa shape index (κ2) is 56.7. The van der Waals surface area contributed by atoms with Gasteiger partial charge in [-0.1, -0.05) is 254 Å². The van der Waals surface area contributed by atoms with Gasteiger partial charge in [0, 0.05) is 19.4 Å². The fraction of sp³-hybridized carbons (Fsp3) is 0.770. The molecular formula is C61H108O5. The van der Waals surface area contributed by atoms with E-state index in [0.29, 0.717) is 19.4 Å². The van der Waals surface area contributed by atoms with Crippen molar-refractivity contribution in [3.05, 3.63) is 72.9 Å². The molecular weight excluding hydrogens is 813 g/mol. The number of unbranched alkanes of at least 4 members (excludes halogenated alkanes) is 29. The second-order valence-corrected chi connectivity index (χ2v) is 18.8. The van der Waals surface area contributed by atoms with Crippen molar-refractivity contribution in [2.45, 2.75) is 284 Å². The van der Waals surface area contributed by atoms with E-state index in [-0.39, 0.29) is 25.2 Å². The third-order valence-corrected chi connectivity index (χ3v) is 12.2. The van der Waals surface area contributed by atoms with Crippen LogP contribution in [-0.4, -0.2) is 37.9 Å². The normalized spacial score (nSPS) is 12.7. The molecule has 0 aliphatic carbocycles. The minimum Gasteiger partial charge on any atom is -0.462 e. The Morgan fingerprint density at radius 3 is 1.15 bits per heavy atom. The number of hydrogen-bond acceptors (Lipinski definition) is 5. The quantitative estimate of drug-likeness (QED) is 0.0346. The minimum atomic E-state index is -0.563. The Balaban J connectivity index is 4.35. The third kappa shape index (κ3) is 54.0. The Morgan fingerprint density at radius 2 is 0.697 bits per heavy atom. The zero-order chi connectivity index (χ0) is 47.7. The zero-order valence-electron chi connectivity index (χ0n) is 44.0. The Kier molecular flexibility index (Phi) is 54.4. The van der Waals surface area contributed by atoms with Crippen molar-refractivity contribution >= 4 is 11.9 Å². The van der Waals surface area contributed by atoms with Crippen LogP contribution in [0, 0.1) is 0 Å². The van der Waals surface area contributed by atoms with Crippen molar-refractivity contribution < 1.29 is 23.8 Å². The van der Waals surface area contributed by atoms with E-state index in [1.54, 1.807) is 0 Å². The average Bonchev–Trinajstić information content (AvgIpc) is 3.32. The summed E-state index contributed by atoms with van der Waals surface area (Å²) in [6.45, 7) is 7.67. The number of rotatable bonds is 52. The molecule has 0 aliphatic heterocycles. The molecule has 0 heterocycles. The van der Waals surface area contributed by atoms with Gasteiger partial charge in [0.1, 0.15) is 6.61 Å². The zero-order valence-corrected chi connectivity index (χ0v) is 44.0. The summed E-state index contributed by atoms with van der Waals surface area (Å²) in [4.78, 5) is 25.5.